The van der Waals surface area contributed by atoms with E-state index in [9.17, 15) is 0 Å². The van der Waals surface area contributed by atoms with Gasteiger partial charge in [-0.05, 0) is 57.1 Å². The van der Waals surface area contributed by atoms with Crippen LogP contribution in [0.25, 0.3) is 0 Å². The number of nitrogens with zero attached hydrogens (tertiary/aromatic N) is 2. The molecule has 0 aliphatic heterocycles. The molecule has 1 unspecified atom stereocenters. The molecule has 1 atom stereocenters. The predicted octanol–water partition coefficient (Wildman–Crippen LogP) is 3.54. The third-order valence-corrected chi connectivity index (χ3v) is 4.13. The first-order chi connectivity index (χ1) is 9.02. The highest BCUT2D eigenvalue weighted by Gasteiger charge is 2.18. The molecule has 3 nitrogen and oxygen atoms in total. The number of hydrogen-bond acceptors (Lipinski definition) is 2. The van der Waals surface area contributed by atoms with Crippen molar-refractivity contribution < 1.29 is 0 Å². The third kappa shape index (κ3) is 3.61. The van der Waals surface area contributed by atoms with Gasteiger partial charge in [0, 0.05) is 25.0 Å². The summed E-state index contributed by atoms with van der Waals surface area (Å²) in [5.41, 5.74) is 8.79. The molecule has 0 amide bonds. The lowest BCUT2D eigenvalue weighted by Crippen LogP contribution is -2.10. The molecule has 0 saturated carbocycles. The highest BCUT2D eigenvalue weighted by atomic mass is 14.9. The number of nitriles is 1. The monoisotopic (exact) mass is 259 g/mol. The number of hydrogen-bond donors (Lipinski definition) is 1. The van der Waals surface area contributed by atoms with Crippen LogP contribution in [-0.2, 0) is 13.0 Å². The van der Waals surface area contributed by atoms with Crippen LogP contribution in [0.5, 0.6) is 0 Å². The van der Waals surface area contributed by atoms with E-state index in [1.54, 1.807) is 0 Å². The van der Waals surface area contributed by atoms with Crippen LogP contribution in [0.2, 0.25) is 0 Å². The van der Waals surface area contributed by atoms with Gasteiger partial charge in [-0.3, -0.25) is 0 Å². The second kappa shape index (κ2) is 5.79. The van der Waals surface area contributed by atoms with E-state index in [4.69, 9.17) is 11.0 Å². The number of aromatic nitrogens is 1. The van der Waals surface area contributed by atoms with Gasteiger partial charge in [-0.15, -0.1) is 0 Å². The average Bonchev–Trinajstić information content (AvgIpc) is 2.70. The van der Waals surface area contributed by atoms with Crippen LogP contribution in [0, 0.1) is 16.7 Å². The van der Waals surface area contributed by atoms with Crippen molar-refractivity contribution in [1.29, 1.82) is 5.26 Å². The van der Waals surface area contributed by atoms with E-state index < -0.39 is 0 Å². The van der Waals surface area contributed by atoms with Gasteiger partial charge in [0.1, 0.15) is 0 Å². The van der Waals surface area contributed by atoms with Crippen LogP contribution in [0.4, 0.5) is 0 Å². The molecule has 0 radical (unpaired) electrons. The first kappa shape index (κ1) is 14.1. The quantitative estimate of drug-likeness (QED) is 0.841. The van der Waals surface area contributed by atoms with E-state index >= 15 is 0 Å². The van der Waals surface area contributed by atoms with Gasteiger partial charge in [0.25, 0.3) is 0 Å². The van der Waals surface area contributed by atoms with E-state index in [1.807, 2.05) is 13.8 Å². The Balaban J connectivity index is 1.96. The molecular formula is C16H25N3. The smallest absolute Gasteiger partial charge is 0.0683 e. The summed E-state index contributed by atoms with van der Waals surface area (Å²) in [6, 6.07) is 2.58. The van der Waals surface area contributed by atoms with Crippen molar-refractivity contribution in [2.75, 3.05) is 0 Å². The van der Waals surface area contributed by atoms with Gasteiger partial charge >= 0.3 is 0 Å². The minimum atomic E-state index is -0.208. The second-order valence-electron chi connectivity index (χ2n) is 6.43. The summed E-state index contributed by atoms with van der Waals surface area (Å²) in [5.74, 6) is 0. The Labute approximate surface area is 116 Å². The Hall–Kier alpha value is -1.27. The number of fused-ring (bicyclic) bond motifs is 1. The van der Waals surface area contributed by atoms with Crippen LogP contribution in [0.15, 0.2) is 12.4 Å². The molecular weight excluding hydrogens is 234 g/mol. The first-order valence-electron chi connectivity index (χ1n) is 7.37. The number of nitrogens with two attached hydrogens (primary N) is 1. The molecule has 0 bridgehead atoms. The molecule has 2 N–H and O–H groups in total. The summed E-state index contributed by atoms with van der Waals surface area (Å²) in [6.45, 7) is 5.01. The van der Waals surface area contributed by atoms with E-state index in [0.717, 1.165) is 25.8 Å². The van der Waals surface area contributed by atoms with Crippen molar-refractivity contribution in [3.8, 4) is 6.07 Å². The second-order valence-corrected chi connectivity index (χ2v) is 6.43. The van der Waals surface area contributed by atoms with Crippen molar-refractivity contribution >= 4 is 0 Å². The fourth-order valence-electron chi connectivity index (χ4n) is 2.84. The lowest BCUT2D eigenvalue weighted by molar-refractivity contribution is 0.415. The Morgan fingerprint density at radius 3 is 2.95 bits per heavy atom. The average molecular weight is 259 g/mol. The van der Waals surface area contributed by atoms with Crippen LogP contribution < -0.4 is 5.73 Å². The maximum Gasteiger partial charge on any atom is 0.0683 e. The van der Waals surface area contributed by atoms with Gasteiger partial charge in [-0.25, -0.2) is 0 Å². The number of rotatable bonds is 4. The fraction of sp³-hybridized carbons (Fsp3) is 0.688. The Morgan fingerprint density at radius 2 is 2.21 bits per heavy atom. The zero-order valence-corrected chi connectivity index (χ0v) is 12.2. The molecule has 0 saturated heterocycles. The molecule has 0 aromatic carbocycles. The first-order valence-corrected chi connectivity index (χ1v) is 7.37. The highest BCUT2D eigenvalue weighted by Crippen LogP contribution is 2.28. The fourth-order valence-corrected chi connectivity index (χ4v) is 2.84. The van der Waals surface area contributed by atoms with Crippen LogP contribution in [-0.4, -0.2) is 4.57 Å². The van der Waals surface area contributed by atoms with Gasteiger partial charge in [0.05, 0.1) is 11.5 Å². The molecule has 0 spiro atoms. The summed E-state index contributed by atoms with van der Waals surface area (Å²) >= 11 is 0. The normalized spacial score (nSPS) is 19.6. The Kier molecular flexibility index (Phi) is 4.31. The molecule has 1 aromatic heterocycles. The van der Waals surface area contributed by atoms with Crippen molar-refractivity contribution in [2.45, 2.75) is 65.0 Å². The Bertz CT molecular complexity index is 465. The summed E-state index contributed by atoms with van der Waals surface area (Å²) in [6.07, 6.45) is 11.3. The van der Waals surface area contributed by atoms with Gasteiger partial charge in [0.2, 0.25) is 0 Å². The molecule has 1 heterocycles. The van der Waals surface area contributed by atoms with Crippen molar-refractivity contribution in [3.63, 3.8) is 0 Å². The summed E-state index contributed by atoms with van der Waals surface area (Å²) in [5, 5.41) is 9.02. The molecule has 1 aliphatic carbocycles. The lowest BCUT2D eigenvalue weighted by atomic mass is 9.90. The number of aryl methyl sites for hydroxylation is 2. The maximum atomic E-state index is 9.02. The van der Waals surface area contributed by atoms with E-state index in [1.165, 1.54) is 30.4 Å². The van der Waals surface area contributed by atoms with Crippen LogP contribution in [0.1, 0.15) is 63.1 Å². The topological polar surface area (TPSA) is 54.7 Å². The molecule has 2 rings (SSSR count). The van der Waals surface area contributed by atoms with Gasteiger partial charge < -0.3 is 10.3 Å². The van der Waals surface area contributed by atoms with E-state index in [0.29, 0.717) is 0 Å². The van der Waals surface area contributed by atoms with Crippen molar-refractivity contribution in [3.05, 3.63) is 23.5 Å². The zero-order valence-electron chi connectivity index (χ0n) is 12.2. The standard InChI is InChI=1S/C16H25N3/c1-16(2,12-17)8-5-9-19-10-13-6-3-4-7-15(18)14(13)11-19/h10-11,15H,3-9,18H2,1-2H3. The molecule has 104 valence electrons. The minimum Gasteiger partial charge on any atom is -0.354 e. The molecule has 1 aromatic rings. The van der Waals surface area contributed by atoms with Gasteiger partial charge in [-0.1, -0.05) is 6.42 Å². The van der Waals surface area contributed by atoms with Crippen LogP contribution in [0.3, 0.4) is 0 Å². The van der Waals surface area contributed by atoms with Crippen molar-refractivity contribution in [1.82, 2.24) is 4.57 Å². The van der Waals surface area contributed by atoms with Gasteiger partial charge in [-0.2, -0.15) is 5.26 Å². The summed E-state index contributed by atoms with van der Waals surface area (Å²) in [7, 11) is 0. The molecule has 19 heavy (non-hydrogen) atoms. The summed E-state index contributed by atoms with van der Waals surface area (Å²) in [4.78, 5) is 0. The zero-order chi connectivity index (χ0) is 13.9. The third-order valence-electron chi connectivity index (χ3n) is 4.13. The van der Waals surface area contributed by atoms with E-state index in [2.05, 4.69) is 23.0 Å². The van der Waals surface area contributed by atoms with Crippen molar-refractivity contribution in [2.24, 2.45) is 11.1 Å². The molecule has 0 fully saturated rings. The summed E-state index contributed by atoms with van der Waals surface area (Å²) < 4.78 is 2.27. The Morgan fingerprint density at radius 1 is 1.42 bits per heavy atom. The SMILES string of the molecule is CC(C)(C#N)CCCn1cc2c(c1)C(N)CCCC2. The maximum absolute atomic E-state index is 9.02. The lowest BCUT2D eigenvalue weighted by Gasteiger charge is -2.14. The molecule has 3 heteroatoms. The highest BCUT2D eigenvalue weighted by molar-refractivity contribution is 5.28. The largest absolute Gasteiger partial charge is 0.354 e. The predicted molar refractivity (Wildman–Crippen MR) is 77.5 cm³/mol. The van der Waals surface area contributed by atoms with E-state index in [-0.39, 0.29) is 11.5 Å². The van der Waals surface area contributed by atoms with Crippen LogP contribution >= 0.6 is 0 Å². The van der Waals surface area contributed by atoms with Gasteiger partial charge in [0.15, 0.2) is 0 Å². The minimum absolute atomic E-state index is 0.208. The molecule has 1 aliphatic rings.